The lowest BCUT2D eigenvalue weighted by Gasteiger charge is -2.13. The number of anilines is 2. The Morgan fingerprint density at radius 3 is 2.26 bits per heavy atom. The summed E-state index contributed by atoms with van der Waals surface area (Å²) in [7, 11) is 0. The van der Waals surface area contributed by atoms with Crippen LogP contribution in [0, 0.1) is 5.82 Å². The molecule has 5 aromatic rings. The van der Waals surface area contributed by atoms with Crippen molar-refractivity contribution in [1.29, 1.82) is 0 Å². The van der Waals surface area contributed by atoms with Gasteiger partial charge in [0.2, 0.25) is 5.91 Å². The highest BCUT2D eigenvalue weighted by Crippen LogP contribution is 2.28. The minimum Gasteiger partial charge on any atom is -0.457 e. The Labute approximate surface area is 282 Å². The van der Waals surface area contributed by atoms with Gasteiger partial charge < -0.3 is 20.4 Å². The Morgan fingerprint density at radius 2 is 1.57 bits per heavy atom. The van der Waals surface area contributed by atoms with Crippen LogP contribution in [0.4, 0.5) is 15.8 Å². The van der Waals surface area contributed by atoms with Crippen LogP contribution in [0.25, 0.3) is 17.4 Å². The van der Waals surface area contributed by atoms with Gasteiger partial charge >= 0.3 is 0 Å². The summed E-state index contributed by atoms with van der Waals surface area (Å²) in [6.45, 7) is 1.74. The molecular formula is C35H26BrClFN3O4S. The van der Waals surface area contributed by atoms with Crippen LogP contribution in [0.15, 0.2) is 129 Å². The summed E-state index contributed by atoms with van der Waals surface area (Å²) in [5.74, 6) is -0.887. The van der Waals surface area contributed by atoms with Gasteiger partial charge in [-0.05, 0) is 85.8 Å². The number of amides is 3. The second-order valence-corrected chi connectivity index (χ2v) is 12.7. The van der Waals surface area contributed by atoms with E-state index in [9.17, 15) is 18.8 Å². The number of carbonyl (C=O) groups excluding carboxylic acids is 3. The lowest BCUT2D eigenvalue weighted by molar-refractivity contribution is -0.115. The molecule has 11 heteroatoms. The molecule has 1 atom stereocenters. The van der Waals surface area contributed by atoms with Crippen LogP contribution in [0.1, 0.15) is 23.0 Å². The van der Waals surface area contributed by atoms with Crippen LogP contribution in [-0.2, 0) is 9.59 Å². The number of thioether (sulfide) groups is 1. The molecule has 232 valence electrons. The SMILES string of the molecule is C[C@H](Sc1ccc(NC(=O)/C(=C/c2ccc(-c3ccc(Br)cc3)o2)NC(=O)c2ccccc2)cc1)C(=O)Nc1ccc(F)c(Cl)c1. The first kappa shape index (κ1) is 32.7. The van der Waals surface area contributed by atoms with Crippen molar-refractivity contribution in [3.8, 4) is 11.3 Å². The van der Waals surface area contributed by atoms with Gasteiger partial charge in [0, 0.05) is 37.9 Å². The fourth-order valence-electron chi connectivity index (χ4n) is 4.18. The molecule has 0 bridgehead atoms. The zero-order chi connectivity index (χ0) is 32.6. The number of rotatable bonds is 10. The molecule has 0 aliphatic rings. The topological polar surface area (TPSA) is 100 Å². The number of hydrogen-bond acceptors (Lipinski definition) is 5. The second-order valence-electron chi connectivity index (χ2n) is 9.94. The highest BCUT2D eigenvalue weighted by atomic mass is 79.9. The molecule has 0 spiro atoms. The van der Waals surface area contributed by atoms with Crippen molar-refractivity contribution in [3.63, 3.8) is 0 Å². The van der Waals surface area contributed by atoms with Crippen LogP contribution in [0.2, 0.25) is 5.02 Å². The number of nitrogens with one attached hydrogen (secondary N) is 3. The molecule has 1 aromatic heterocycles. The van der Waals surface area contributed by atoms with Crippen molar-refractivity contribution in [2.75, 3.05) is 10.6 Å². The van der Waals surface area contributed by atoms with E-state index in [1.54, 1.807) is 73.7 Å². The first-order valence-electron chi connectivity index (χ1n) is 13.9. The molecular weight excluding hydrogens is 693 g/mol. The zero-order valence-electron chi connectivity index (χ0n) is 24.2. The lowest BCUT2D eigenvalue weighted by Crippen LogP contribution is -2.30. The van der Waals surface area contributed by atoms with E-state index in [4.69, 9.17) is 16.0 Å². The smallest absolute Gasteiger partial charge is 0.272 e. The lowest BCUT2D eigenvalue weighted by atomic mass is 10.2. The van der Waals surface area contributed by atoms with Gasteiger partial charge in [-0.25, -0.2) is 4.39 Å². The zero-order valence-corrected chi connectivity index (χ0v) is 27.4. The minimum absolute atomic E-state index is 0.0183. The minimum atomic E-state index is -0.567. The molecule has 0 saturated heterocycles. The first-order valence-corrected chi connectivity index (χ1v) is 16.0. The van der Waals surface area contributed by atoms with E-state index in [2.05, 4.69) is 31.9 Å². The van der Waals surface area contributed by atoms with Crippen LogP contribution < -0.4 is 16.0 Å². The monoisotopic (exact) mass is 717 g/mol. The second kappa shape index (κ2) is 15.1. The van der Waals surface area contributed by atoms with E-state index in [1.165, 1.54) is 36.0 Å². The van der Waals surface area contributed by atoms with Crippen molar-refractivity contribution in [2.45, 2.75) is 17.1 Å². The molecule has 46 heavy (non-hydrogen) atoms. The maximum Gasteiger partial charge on any atom is 0.272 e. The number of furan rings is 1. The average Bonchev–Trinajstić information content (AvgIpc) is 3.52. The number of benzene rings is 4. The quantitative estimate of drug-likeness (QED) is 0.0989. The van der Waals surface area contributed by atoms with Crippen molar-refractivity contribution < 1.29 is 23.2 Å². The molecule has 0 aliphatic heterocycles. The highest BCUT2D eigenvalue weighted by molar-refractivity contribution is 9.10. The molecule has 0 radical (unpaired) electrons. The average molecular weight is 719 g/mol. The summed E-state index contributed by atoms with van der Waals surface area (Å²) >= 11 is 10.5. The van der Waals surface area contributed by atoms with E-state index in [-0.39, 0.29) is 16.6 Å². The van der Waals surface area contributed by atoms with E-state index >= 15 is 0 Å². The predicted molar refractivity (Wildman–Crippen MR) is 184 cm³/mol. The Kier molecular flexibility index (Phi) is 10.7. The Hall–Kier alpha value is -4.64. The summed E-state index contributed by atoms with van der Waals surface area (Å²) in [6, 6.07) is 30.6. The Balaban J connectivity index is 1.28. The molecule has 0 aliphatic carbocycles. The normalized spacial score (nSPS) is 11.9. The Morgan fingerprint density at radius 1 is 0.870 bits per heavy atom. The molecule has 3 N–H and O–H groups in total. The van der Waals surface area contributed by atoms with Crippen LogP contribution >= 0.6 is 39.3 Å². The van der Waals surface area contributed by atoms with E-state index < -0.39 is 22.9 Å². The molecule has 0 saturated carbocycles. The van der Waals surface area contributed by atoms with Crippen LogP contribution in [-0.4, -0.2) is 23.0 Å². The predicted octanol–water partition coefficient (Wildman–Crippen LogP) is 9.03. The van der Waals surface area contributed by atoms with Gasteiger partial charge in [0.25, 0.3) is 11.8 Å². The summed E-state index contributed by atoms with van der Waals surface area (Å²) in [5.41, 5.74) is 2.09. The number of hydrogen-bond donors (Lipinski definition) is 3. The molecule has 5 rings (SSSR count). The molecule has 4 aromatic carbocycles. The van der Waals surface area contributed by atoms with E-state index in [0.717, 1.165) is 14.9 Å². The first-order chi connectivity index (χ1) is 22.1. The number of halogens is 3. The van der Waals surface area contributed by atoms with Gasteiger partial charge in [-0.2, -0.15) is 0 Å². The maximum absolute atomic E-state index is 13.4. The molecule has 0 fully saturated rings. The molecule has 1 heterocycles. The third-order valence-corrected chi connectivity index (χ3v) is 8.48. The van der Waals surface area contributed by atoms with Crippen molar-refractivity contribution in [1.82, 2.24) is 5.32 Å². The summed E-state index contributed by atoms with van der Waals surface area (Å²) in [6.07, 6.45) is 1.47. The van der Waals surface area contributed by atoms with Gasteiger partial charge in [-0.1, -0.05) is 57.9 Å². The van der Waals surface area contributed by atoms with Crippen molar-refractivity contribution in [3.05, 3.63) is 142 Å². The fraction of sp³-hybridized carbons (Fsp3) is 0.0571. The standard InChI is InChI=1S/C35H26BrClFN3O4S/c1-21(33(42)40-26-13-17-30(38)29(37)19-26)46-28-15-11-25(12-16-28)39-35(44)31(41-34(43)23-5-3-2-4-6-23)20-27-14-18-32(45-27)22-7-9-24(36)10-8-22/h2-21H,1H3,(H,39,44)(H,40,42)(H,41,43)/b31-20-/t21-/m0/s1. The number of carbonyl (C=O) groups is 3. The van der Waals surface area contributed by atoms with Crippen molar-refractivity contribution in [2.24, 2.45) is 0 Å². The van der Waals surface area contributed by atoms with Gasteiger partial charge in [0.05, 0.1) is 10.3 Å². The fourth-order valence-corrected chi connectivity index (χ4v) is 5.49. The third kappa shape index (κ3) is 8.75. The van der Waals surface area contributed by atoms with Gasteiger partial charge in [0.1, 0.15) is 23.0 Å². The third-order valence-electron chi connectivity index (χ3n) is 6.55. The maximum atomic E-state index is 13.4. The summed E-state index contributed by atoms with van der Waals surface area (Å²) < 4.78 is 20.3. The van der Waals surface area contributed by atoms with Crippen LogP contribution in [0.3, 0.4) is 0 Å². The molecule has 0 unspecified atom stereocenters. The Bertz CT molecular complexity index is 1900. The molecule has 3 amide bonds. The van der Waals surface area contributed by atoms with Gasteiger partial charge in [-0.3, -0.25) is 14.4 Å². The largest absolute Gasteiger partial charge is 0.457 e. The van der Waals surface area contributed by atoms with E-state index in [1.807, 2.05) is 24.3 Å². The highest BCUT2D eigenvalue weighted by Gasteiger charge is 2.18. The van der Waals surface area contributed by atoms with Crippen molar-refractivity contribution >= 4 is 74.5 Å². The summed E-state index contributed by atoms with van der Waals surface area (Å²) in [4.78, 5) is 39.9. The van der Waals surface area contributed by atoms with Gasteiger partial charge in [0.15, 0.2) is 0 Å². The molecule has 7 nitrogen and oxygen atoms in total. The summed E-state index contributed by atoms with van der Waals surface area (Å²) in [5, 5.41) is 7.67. The van der Waals surface area contributed by atoms with Gasteiger partial charge in [-0.15, -0.1) is 11.8 Å². The van der Waals surface area contributed by atoms with Crippen LogP contribution in [0.5, 0.6) is 0 Å². The van der Waals surface area contributed by atoms with E-state index in [0.29, 0.717) is 28.5 Å².